The van der Waals surface area contributed by atoms with E-state index in [4.69, 9.17) is 4.74 Å². The van der Waals surface area contributed by atoms with Crippen LogP contribution >= 0.6 is 0 Å². The van der Waals surface area contributed by atoms with Crippen molar-refractivity contribution in [2.75, 3.05) is 0 Å². The lowest BCUT2D eigenvalue weighted by Gasteiger charge is -2.41. The maximum atomic E-state index is 9.76. The third-order valence-corrected chi connectivity index (χ3v) is 3.55. The highest BCUT2D eigenvalue weighted by Crippen LogP contribution is 2.56. The topological polar surface area (TPSA) is 114 Å². The molecule has 2 rings (SSSR count). The van der Waals surface area contributed by atoms with E-state index in [2.05, 4.69) is 0 Å². The zero-order chi connectivity index (χ0) is 11.6. The Morgan fingerprint density at radius 3 is 1.40 bits per heavy atom. The minimum Gasteiger partial charge on any atom is -0.387 e. The van der Waals surface area contributed by atoms with Crippen molar-refractivity contribution in [1.29, 1.82) is 0 Å². The molecular formula is C9H16O6. The summed E-state index contributed by atoms with van der Waals surface area (Å²) < 4.78 is 5.22. The Bertz CT molecular complexity index is 262. The first kappa shape index (κ1) is 11.3. The van der Waals surface area contributed by atoms with Crippen molar-refractivity contribution in [1.82, 2.24) is 0 Å². The molecule has 0 radical (unpaired) electrons. The van der Waals surface area contributed by atoms with Gasteiger partial charge >= 0.3 is 0 Å². The van der Waals surface area contributed by atoms with Crippen LogP contribution in [0, 0.1) is 0 Å². The highest BCUT2D eigenvalue weighted by Gasteiger charge is 2.77. The molecule has 6 atom stereocenters. The molecule has 5 N–H and O–H groups in total. The Morgan fingerprint density at radius 1 is 0.800 bits per heavy atom. The smallest absolute Gasteiger partial charge is 0.154 e. The zero-order valence-corrected chi connectivity index (χ0v) is 8.53. The Hall–Kier alpha value is -0.240. The van der Waals surface area contributed by atoms with Crippen molar-refractivity contribution in [2.24, 2.45) is 0 Å². The van der Waals surface area contributed by atoms with E-state index >= 15 is 0 Å². The first-order valence-corrected chi connectivity index (χ1v) is 4.86. The van der Waals surface area contributed by atoms with Gasteiger partial charge in [0.1, 0.15) is 30.5 Å². The van der Waals surface area contributed by atoms with Gasteiger partial charge < -0.3 is 30.3 Å². The van der Waals surface area contributed by atoms with Crippen LogP contribution in [-0.2, 0) is 4.74 Å². The summed E-state index contributed by atoms with van der Waals surface area (Å²) in [6, 6.07) is 0. The number of ether oxygens (including phenoxy) is 1. The van der Waals surface area contributed by atoms with Crippen molar-refractivity contribution in [3.63, 3.8) is 0 Å². The molecule has 1 heterocycles. The second-order valence-electron chi connectivity index (χ2n) is 4.77. The molecule has 0 unspecified atom stereocenters. The predicted molar refractivity (Wildman–Crippen MR) is 47.9 cm³/mol. The molecular weight excluding hydrogens is 204 g/mol. The van der Waals surface area contributed by atoms with Gasteiger partial charge in [-0.3, -0.25) is 0 Å². The standard InChI is InChI=1S/C9H16O6/c1-8(2)9(15-8)6(13)4(11)3(10)5(12)7(9)14/h3-7,10-14H,1-2H3/t3-,4-,5+,6-,7-,9+/m0/s1. The van der Waals surface area contributed by atoms with E-state index < -0.39 is 41.7 Å². The number of hydrogen-bond acceptors (Lipinski definition) is 6. The number of epoxide rings is 1. The van der Waals surface area contributed by atoms with E-state index in [0.717, 1.165) is 0 Å². The molecule has 2 aliphatic rings. The normalized spacial score (nSPS) is 58.2. The summed E-state index contributed by atoms with van der Waals surface area (Å²) in [7, 11) is 0. The highest BCUT2D eigenvalue weighted by atomic mass is 16.7. The minimum absolute atomic E-state index is 0.825. The van der Waals surface area contributed by atoms with E-state index in [1.807, 2.05) is 0 Å². The van der Waals surface area contributed by atoms with Crippen LogP contribution in [0.3, 0.4) is 0 Å². The van der Waals surface area contributed by atoms with Crippen molar-refractivity contribution >= 4 is 0 Å². The van der Waals surface area contributed by atoms with Gasteiger partial charge in [0.25, 0.3) is 0 Å². The third-order valence-electron chi connectivity index (χ3n) is 3.55. The zero-order valence-electron chi connectivity index (χ0n) is 8.53. The molecule has 1 saturated heterocycles. The SMILES string of the molecule is CC1(C)O[C@]12[C@@H](O)[C@H](O)[C@@H](O)[C@H](O)[C@@H]2O. The molecule has 2 fully saturated rings. The van der Waals surface area contributed by atoms with Gasteiger partial charge in [-0.05, 0) is 13.8 Å². The minimum atomic E-state index is -1.57. The fraction of sp³-hybridized carbons (Fsp3) is 1.00. The average molecular weight is 220 g/mol. The molecule has 0 bridgehead atoms. The fourth-order valence-corrected chi connectivity index (χ4v) is 2.49. The predicted octanol–water partition coefficient (Wildman–Crippen LogP) is -2.65. The van der Waals surface area contributed by atoms with Crippen LogP contribution in [0.2, 0.25) is 0 Å². The van der Waals surface area contributed by atoms with Crippen LogP contribution in [0.25, 0.3) is 0 Å². The summed E-state index contributed by atoms with van der Waals surface area (Å²) in [5.41, 5.74) is -2.21. The van der Waals surface area contributed by atoms with Gasteiger partial charge in [0.15, 0.2) is 5.60 Å². The quantitative estimate of drug-likeness (QED) is 0.285. The summed E-state index contributed by atoms with van der Waals surface area (Å²) in [6.07, 6.45) is -7.45. The van der Waals surface area contributed by atoms with Crippen LogP contribution in [0.1, 0.15) is 13.8 Å². The van der Waals surface area contributed by atoms with Gasteiger partial charge in [-0.15, -0.1) is 0 Å². The van der Waals surface area contributed by atoms with E-state index in [-0.39, 0.29) is 0 Å². The highest BCUT2D eigenvalue weighted by molar-refractivity contribution is 5.25. The van der Waals surface area contributed by atoms with Crippen molar-refractivity contribution < 1.29 is 30.3 Å². The van der Waals surface area contributed by atoms with Crippen LogP contribution in [0.5, 0.6) is 0 Å². The fourth-order valence-electron chi connectivity index (χ4n) is 2.49. The largest absolute Gasteiger partial charge is 0.387 e. The Balaban J connectivity index is 2.33. The van der Waals surface area contributed by atoms with E-state index in [9.17, 15) is 25.5 Å². The maximum Gasteiger partial charge on any atom is 0.154 e. The molecule has 88 valence electrons. The number of aliphatic hydroxyl groups is 5. The van der Waals surface area contributed by atoms with E-state index in [1.165, 1.54) is 0 Å². The average Bonchev–Trinajstić information content (AvgIpc) is 2.75. The summed E-state index contributed by atoms with van der Waals surface area (Å²) in [4.78, 5) is 0. The molecule has 6 heteroatoms. The molecule has 6 nitrogen and oxygen atoms in total. The summed E-state index contributed by atoms with van der Waals surface area (Å²) in [5, 5.41) is 47.8. The van der Waals surface area contributed by atoms with Gasteiger partial charge in [0.05, 0.1) is 5.60 Å². The Kier molecular flexibility index (Phi) is 2.18. The van der Waals surface area contributed by atoms with Crippen molar-refractivity contribution in [3.8, 4) is 0 Å². The molecule has 0 aromatic carbocycles. The Labute approximate surface area is 86.7 Å². The molecule has 1 spiro atoms. The van der Waals surface area contributed by atoms with Gasteiger partial charge in [-0.1, -0.05) is 0 Å². The maximum absolute atomic E-state index is 9.76. The first-order chi connectivity index (χ1) is 6.75. The van der Waals surface area contributed by atoms with Gasteiger partial charge in [-0.25, -0.2) is 0 Å². The molecule has 0 aromatic rings. The number of aliphatic hydroxyl groups excluding tert-OH is 5. The molecule has 1 saturated carbocycles. The van der Waals surface area contributed by atoms with Gasteiger partial charge in [-0.2, -0.15) is 0 Å². The van der Waals surface area contributed by atoms with Gasteiger partial charge in [0.2, 0.25) is 0 Å². The van der Waals surface area contributed by atoms with Crippen molar-refractivity contribution in [3.05, 3.63) is 0 Å². The third kappa shape index (κ3) is 1.15. The first-order valence-electron chi connectivity index (χ1n) is 4.86. The lowest BCUT2D eigenvalue weighted by Crippen LogP contribution is -2.67. The lowest BCUT2D eigenvalue weighted by atomic mass is 9.73. The lowest BCUT2D eigenvalue weighted by molar-refractivity contribution is -0.210. The molecule has 0 amide bonds. The second kappa shape index (κ2) is 2.91. The summed E-state index contributed by atoms with van der Waals surface area (Å²) in [6.45, 7) is 3.27. The molecule has 1 aliphatic heterocycles. The van der Waals surface area contributed by atoms with Crippen LogP contribution in [0.4, 0.5) is 0 Å². The van der Waals surface area contributed by atoms with Crippen molar-refractivity contribution in [2.45, 2.75) is 55.6 Å². The number of hydrogen-bond donors (Lipinski definition) is 5. The molecule has 15 heavy (non-hydrogen) atoms. The van der Waals surface area contributed by atoms with E-state index in [1.54, 1.807) is 13.8 Å². The van der Waals surface area contributed by atoms with Gasteiger partial charge in [0, 0.05) is 0 Å². The van der Waals surface area contributed by atoms with Crippen LogP contribution < -0.4 is 0 Å². The van der Waals surface area contributed by atoms with Crippen LogP contribution in [0.15, 0.2) is 0 Å². The monoisotopic (exact) mass is 220 g/mol. The second-order valence-corrected chi connectivity index (χ2v) is 4.77. The summed E-state index contributed by atoms with van der Waals surface area (Å²) >= 11 is 0. The molecule has 0 aromatic heterocycles. The number of rotatable bonds is 0. The Morgan fingerprint density at radius 2 is 1.13 bits per heavy atom. The summed E-state index contributed by atoms with van der Waals surface area (Å²) in [5.74, 6) is 0. The molecule has 1 aliphatic carbocycles. The van der Waals surface area contributed by atoms with E-state index in [0.29, 0.717) is 0 Å². The van der Waals surface area contributed by atoms with Crippen LogP contribution in [-0.4, -0.2) is 67.3 Å².